The number of oxazole rings is 1. The maximum absolute atomic E-state index is 13.0. The number of amides is 1. The molecular weight excluding hydrogens is 306 g/mol. The lowest BCUT2D eigenvalue weighted by Crippen LogP contribution is -2.47. The van der Waals surface area contributed by atoms with E-state index in [1.54, 1.807) is 12.5 Å². The molecule has 4 heterocycles. The molecule has 2 saturated heterocycles. The molecular formula is C17H17N5O2. The molecule has 0 saturated carbocycles. The first-order valence-corrected chi connectivity index (χ1v) is 8.10. The number of carbonyl (C=O) groups is 1. The summed E-state index contributed by atoms with van der Waals surface area (Å²) in [6, 6.07) is 6.51. The van der Waals surface area contributed by atoms with Crippen LogP contribution in [0.4, 0.5) is 0 Å². The number of likely N-dealkylation sites (tertiary alicyclic amines) is 2. The Hall–Kier alpha value is -2.67. The molecule has 0 aliphatic carbocycles. The van der Waals surface area contributed by atoms with Crippen molar-refractivity contribution in [3.8, 4) is 11.5 Å². The van der Waals surface area contributed by atoms with Gasteiger partial charge in [0.05, 0.1) is 11.7 Å². The number of aromatic nitrogens is 3. The van der Waals surface area contributed by atoms with Crippen molar-refractivity contribution in [3.05, 3.63) is 36.4 Å². The van der Waals surface area contributed by atoms with Crippen LogP contribution in [-0.4, -0.2) is 63.1 Å². The van der Waals surface area contributed by atoms with E-state index in [1.165, 1.54) is 0 Å². The van der Waals surface area contributed by atoms with Gasteiger partial charge in [0.1, 0.15) is 6.26 Å². The molecule has 7 nitrogen and oxygen atoms in total. The first-order valence-electron chi connectivity index (χ1n) is 8.10. The molecule has 2 atom stereocenters. The van der Waals surface area contributed by atoms with E-state index in [-0.39, 0.29) is 5.91 Å². The molecule has 0 spiro atoms. The zero-order chi connectivity index (χ0) is 16.3. The highest BCUT2D eigenvalue weighted by Crippen LogP contribution is 2.32. The standard InChI is InChI=1S/C17H17N5O2/c1-21-8-12-7-11(21)9-22(12)17(23)15-13-6-10(16-18-4-5-24-16)2-3-14(13)19-20-15/h2-6,11-12H,7-9H2,1H3,(H,19,20)/t11-,12-/m0/s1. The number of carbonyl (C=O) groups excluding carboxylic acids is 1. The number of rotatable bonds is 2. The van der Waals surface area contributed by atoms with E-state index in [0.29, 0.717) is 23.7 Å². The van der Waals surface area contributed by atoms with Gasteiger partial charge < -0.3 is 9.32 Å². The summed E-state index contributed by atoms with van der Waals surface area (Å²) < 4.78 is 5.35. The van der Waals surface area contributed by atoms with E-state index < -0.39 is 0 Å². The highest BCUT2D eigenvalue weighted by atomic mass is 16.3. The second-order valence-corrected chi connectivity index (χ2v) is 6.61. The van der Waals surface area contributed by atoms with Crippen LogP contribution < -0.4 is 0 Å². The maximum Gasteiger partial charge on any atom is 0.275 e. The number of fused-ring (bicyclic) bond motifs is 3. The largest absolute Gasteiger partial charge is 0.445 e. The first kappa shape index (κ1) is 13.7. The summed E-state index contributed by atoms with van der Waals surface area (Å²) in [7, 11) is 2.12. The topological polar surface area (TPSA) is 78.3 Å². The summed E-state index contributed by atoms with van der Waals surface area (Å²) >= 11 is 0. The Labute approximate surface area is 138 Å². The lowest BCUT2D eigenvalue weighted by atomic mass is 10.1. The molecule has 1 aromatic carbocycles. The van der Waals surface area contributed by atoms with E-state index in [1.807, 2.05) is 23.1 Å². The Balaban J connectivity index is 1.53. The molecule has 5 rings (SSSR count). The number of H-pyrrole nitrogens is 1. The van der Waals surface area contributed by atoms with Gasteiger partial charge in [-0.25, -0.2) is 4.98 Å². The van der Waals surface area contributed by atoms with Crippen molar-refractivity contribution >= 4 is 16.8 Å². The molecule has 2 fully saturated rings. The van der Waals surface area contributed by atoms with Crippen LogP contribution >= 0.6 is 0 Å². The molecule has 1 amide bonds. The maximum atomic E-state index is 13.0. The third-order valence-corrected chi connectivity index (χ3v) is 5.22. The lowest BCUT2D eigenvalue weighted by molar-refractivity contribution is 0.0646. The summed E-state index contributed by atoms with van der Waals surface area (Å²) in [4.78, 5) is 21.5. The fourth-order valence-electron chi connectivity index (χ4n) is 3.93. The molecule has 2 bridgehead atoms. The molecule has 1 N–H and O–H groups in total. The minimum Gasteiger partial charge on any atom is -0.445 e. The lowest BCUT2D eigenvalue weighted by Gasteiger charge is -2.31. The Morgan fingerprint density at radius 2 is 2.25 bits per heavy atom. The van der Waals surface area contributed by atoms with Gasteiger partial charge in [0.25, 0.3) is 5.91 Å². The number of piperazine rings is 1. The van der Waals surface area contributed by atoms with Crippen molar-refractivity contribution in [3.63, 3.8) is 0 Å². The predicted molar refractivity (Wildman–Crippen MR) is 87.5 cm³/mol. The van der Waals surface area contributed by atoms with Crippen LogP contribution in [0.1, 0.15) is 16.9 Å². The molecule has 122 valence electrons. The van der Waals surface area contributed by atoms with Gasteiger partial charge in [-0.15, -0.1) is 0 Å². The zero-order valence-electron chi connectivity index (χ0n) is 13.3. The number of aromatic amines is 1. The minimum absolute atomic E-state index is 0.00593. The Bertz CT molecular complexity index is 914. The van der Waals surface area contributed by atoms with Gasteiger partial charge in [-0.2, -0.15) is 5.10 Å². The molecule has 3 aromatic rings. The van der Waals surface area contributed by atoms with Gasteiger partial charge in [0.2, 0.25) is 5.89 Å². The van der Waals surface area contributed by atoms with E-state index in [0.717, 1.165) is 36.0 Å². The normalized spacial score (nSPS) is 23.5. The van der Waals surface area contributed by atoms with Gasteiger partial charge in [-0.05, 0) is 31.7 Å². The third-order valence-electron chi connectivity index (χ3n) is 5.22. The van der Waals surface area contributed by atoms with Crippen LogP contribution in [0.25, 0.3) is 22.4 Å². The second kappa shape index (κ2) is 4.91. The summed E-state index contributed by atoms with van der Waals surface area (Å²) in [5.41, 5.74) is 2.16. The molecule has 24 heavy (non-hydrogen) atoms. The fourth-order valence-corrected chi connectivity index (χ4v) is 3.93. The number of hydrogen-bond donors (Lipinski definition) is 1. The van der Waals surface area contributed by atoms with Crippen LogP contribution in [-0.2, 0) is 0 Å². The summed E-state index contributed by atoms with van der Waals surface area (Å²) in [5, 5.41) is 8.05. The Morgan fingerprint density at radius 1 is 1.33 bits per heavy atom. The zero-order valence-corrected chi connectivity index (χ0v) is 13.3. The minimum atomic E-state index is 0.00593. The van der Waals surface area contributed by atoms with Crippen LogP contribution in [0.15, 0.2) is 35.1 Å². The molecule has 2 aliphatic heterocycles. The predicted octanol–water partition coefficient (Wildman–Crippen LogP) is 1.75. The van der Waals surface area contributed by atoms with Crippen LogP contribution in [0.2, 0.25) is 0 Å². The average molecular weight is 323 g/mol. The second-order valence-electron chi connectivity index (χ2n) is 6.61. The van der Waals surface area contributed by atoms with Crippen molar-refractivity contribution in [2.45, 2.75) is 18.5 Å². The number of hydrogen-bond acceptors (Lipinski definition) is 5. The summed E-state index contributed by atoms with van der Waals surface area (Å²) in [6.45, 7) is 1.73. The molecule has 0 radical (unpaired) electrons. The summed E-state index contributed by atoms with van der Waals surface area (Å²) in [5.74, 6) is 0.546. The van der Waals surface area contributed by atoms with E-state index in [2.05, 4.69) is 27.1 Å². The van der Waals surface area contributed by atoms with E-state index in [4.69, 9.17) is 4.42 Å². The average Bonchev–Trinajstić information content (AvgIpc) is 3.35. The SMILES string of the molecule is CN1C[C@@H]2C[C@H]1CN2C(=O)c1n[nH]c2ccc(-c3ncco3)cc12. The number of nitrogens with one attached hydrogen (secondary N) is 1. The summed E-state index contributed by atoms with van der Waals surface area (Å²) in [6.07, 6.45) is 4.21. The van der Waals surface area contributed by atoms with Crippen molar-refractivity contribution in [2.75, 3.05) is 20.1 Å². The van der Waals surface area contributed by atoms with Gasteiger partial charge >= 0.3 is 0 Å². The quantitative estimate of drug-likeness (QED) is 0.777. The monoisotopic (exact) mass is 323 g/mol. The fraction of sp³-hybridized carbons (Fsp3) is 0.353. The highest BCUT2D eigenvalue weighted by Gasteiger charge is 2.44. The molecule has 2 aliphatic rings. The molecule has 0 unspecified atom stereocenters. The third kappa shape index (κ3) is 1.91. The first-order chi connectivity index (χ1) is 11.7. The van der Waals surface area contributed by atoms with Crippen molar-refractivity contribution in [2.24, 2.45) is 0 Å². The molecule has 7 heteroatoms. The number of nitrogens with zero attached hydrogens (tertiary/aromatic N) is 4. The Morgan fingerprint density at radius 3 is 2.96 bits per heavy atom. The van der Waals surface area contributed by atoms with Gasteiger partial charge in [0.15, 0.2) is 5.69 Å². The highest BCUT2D eigenvalue weighted by molar-refractivity contribution is 6.05. The Kier molecular flexibility index (Phi) is 2.81. The van der Waals surface area contributed by atoms with Gasteiger partial charge in [0, 0.05) is 36.1 Å². The van der Waals surface area contributed by atoms with Crippen molar-refractivity contribution in [1.82, 2.24) is 25.0 Å². The van der Waals surface area contributed by atoms with E-state index >= 15 is 0 Å². The van der Waals surface area contributed by atoms with Crippen LogP contribution in [0.3, 0.4) is 0 Å². The van der Waals surface area contributed by atoms with E-state index in [9.17, 15) is 4.79 Å². The van der Waals surface area contributed by atoms with Crippen LogP contribution in [0.5, 0.6) is 0 Å². The van der Waals surface area contributed by atoms with Crippen LogP contribution in [0, 0.1) is 0 Å². The van der Waals surface area contributed by atoms with Crippen molar-refractivity contribution in [1.29, 1.82) is 0 Å². The molecule has 2 aromatic heterocycles. The number of likely N-dealkylation sites (N-methyl/N-ethyl adjacent to an activating group) is 1. The van der Waals surface area contributed by atoms with Crippen molar-refractivity contribution < 1.29 is 9.21 Å². The van der Waals surface area contributed by atoms with Gasteiger partial charge in [-0.3, -0.25) is 14.8 Å². The number of benzene rings is 1. The smallest absolute Gasteiger partial charge is 0.275 e. The van der Waals surface area contributed by atoms with Gasteiger partial charge in [-0.1, -0.05) is 0 Å².